The maximum Gasteiger partial charge on any atom is 0.306 e. The predicted molar refractivity (Wildman–Crippen MR) is 105 cm³/mol. The molecule has 0 saturated carbocycles. The van der Waals surface area contributed by atoms with Crippen molar-refractivity contribution < 1.29 is 14.1 Å². The molecule has 0 unspecified atom stereocenters. The van der Waals surface area contributed by atoms with Crippen LogP contribution in [0, 0.1) is 19.9 Å². The number of nitro benzene ring substituents is 1. The molecule has 1 N–H and O–H groups in total. The molecule has 27 heavy (non-hydrogen) atoms. The molecule has 0 spiro atoms. The highest BCUT2D eigenvalue weighted by Gasteiger charge is 2.16. The molecule has 0 aliphatic rings. The van der Waals surface area contributed by atoms with Gasteiger partial charge in [0.05, 0.1) is 16.4 Å². The van der Waals surface area contributed by atoms with Crippen molar-refractivity contribution >= 4 is 52.6 Å². The van der Waals surface area contributed by atoms with Crippen LogP contribution in [0.2, 0.25) is 0 Å². The molecule has 1 aromatic heterocycles. The topological polar surface area (TPSA) is 90.1 Å². The highest BCUT2D eigenvalue weighted by molar-refractivity contribution is 8.01. The van der Waals surface area contributed by atoms with Crippen LogP contribution in [0.25, 0.3) is 5.69 Å². The molecule has 0 atom stereocenters. The van der Waals surface area contributed by atoms with Gasteiger partial charge in [0.1, 0.15) is 0 Å². The van der Waals surface area contributed by atoms with E-state index in [0.29, 0.717) is 8.29 Å². The summed E-state index contributed by atoms with van der Waals surface area (Å²) < 4.78 is 16.1. The number of hydrogen-bond acceptors (Lipinski definition) is 7. The summed E-state index contributed by atoms with van der Waals surface area (Å²) in [5.74, 6) is -1.32. The predicted octanol–water partition coefficient (Wildman–Crippen LogP) is 4.44. The number of aromatic nitrogens is 2. The molecule has 0 radical (unpaired) electrons. The molecule has 0 aliphatic carbocycles. The third kappa shape index (κ3) is 4.76. The van der Waals surface area contributed by atoms with Gasteiger partial charge in [-0.25, -0.2) is 4.68 Å². The van der Waals surface area contributed by atoms with Crippen LogP contribution in [0.5, 0.6) is 0 Å². The van der Waals surface area contributed by atoms with Crippen molar-refractivity contribution in [3.63, 3.8) is 0 Å². The van der Waals surface area contributed by atoms with Crippen molar-refractivity contribution in [1.29, 1.82) is 0 Å². The van der Waals surface area contributed by atoms with Gasteiger partial charge in [-0.15, -0.1) is 5.10 Å². The highest BCUT2D eigenvalue weighted by Crippen LogP contribution is 2.25. The van der Waals surface area contributed by atoms with Crippen LogP contribution in [0.3, 0.4) is 0 Å². The van der Waals surface area contributed by atoms with E-state index in [1.807, 2.05) is 30.3 Å². The standard InChI is InChI=1S/C16H11FN4O3S3/c17-12-7-6-10(8-13(12)21(23)24)18-14(22)9-26-15-19-20(16(25)27-15)11-4-2-1-3-5-11/h1-8H,9H2,(H,18,22). The molecule has 0 saturated heterocycles. The molecule has 3 rings (SSSR count). The number of amides is 1. The Kier molecular flexibility index (Phi) is 5.94. The number of halogens is 1. The molecule has 3 aromatic rings. The van der Waals surface area contributed by atoms with E-state index in [-0.39, 0.29) is 11.4 Å². The van der Waals surface area contributed by atoms with Gasteiger partial charge in [0, 0.05) is 11.8 Å². The number of rotatable bonds is 6. The van der Waals surface area contributed by atoms with Crippen LogP contribution in [0.4, 0.5) is 15.8 Å². The maximum atomic E-state index is 13.3. The van der Waals surface area contributed by atoms with Crippen LogP contribution in [0.1, 0.15) is 0 Å². The van der Waals surface area contributed by atoms with Crippen molar-refractivity contribution in [3.8, 4) is 5.69 Å². The fourth-order valence-electron chi connectivity index (χ4n) is 2.11. The van der Waals surface area contributed by atoms with E-state index >= 15 is 0 Å². The summed E-state index contributed by atoms with van der Waals surface area (Å²) in [6.07, 6.45) is 0. The molecule has 0 fully saturated rings. The van der Waals surface area contributed by atoms with Gasteiger partial charge in [-0.1, -0.05) is 41.3 Å². The summed E-state index contributed by atoms with van der Waals surface area (Å²) >= 11 is 7.76. The van der Waals surface area contributed by atoms with Gasteiger partial charge in [0.15, 0.2) is 8.29 Å². The second-order valence-electron chi connectivity index (χ2n) is 5.14. The first-order chi connectivity index (χ1) is 12.9. The third-order valence-corrected chi connectivity index (χ3v) is 5.65. The zero-order chi connectivity index (χ0) is 19.4. The Bertz CT molecular complexity index is 1050. The van der Waals surface area contributed by atoms with Crippen LogP contribution < -0.4 is 5.32 Å². The monoisotopic (exact) mass is 422 g/mol. The van der Waals surface area contributed by atoms with Crippen LogP contribution in [0.15, 0.2) is 52.9 Å². The van der Waals surface area contributed by atoms with Crippen LogP contribution >= 0.6 is 35.3 Å². The lowest BCUT2D eigenvalue weighted by molar-refractivity contribution is -0.387. The van der Waals surface area contributed by atoms with Crippen LogP contribution in [-0.2, 0) is 4.79 Å². The Labute approximate surface area is 166 Å². The number of nitrogens with zero attached hydrogens (tertiary/aromatic N) is 3. The minimum atomic E-state index is -0.960. The number of para-hydroxylation sites is 1. The number of thioether (sulfide) groups is 1. The van der Waals surface area contributed by atoms with Gasteiger partial charge in [0.25, 0.3) is 0 Å². The Morgan fingerprint density at radius 3 is 2.78 bits per heavy atom. The highest BCUT2D eigenvalue weighted by atomic mass is 32.2. The molecule has 7 nitrogen and oxygen atoms in total. The zero-order valence-electron chi connectivity index (χ0n) is 13.5. The second kappa shape index (κ2) is 8.37. The van der Waals surface area contributed by atoms with Gasteiger partial charge in [-0.05, 0) is 36.5 Å². The first kappa shape index (κ1) is 19.1. The van der Waals surface area contributed by atoms with Gasteiger partial charge in [0.2, 0.25) is 11.7 Å². The van der Waals surface area contributed by atoms with Crippen molar-refractivity contribution in [2.75, 3.05) is 11.1 Å². The van der Waals surface area contributed by atoms with Gasteiger partial charge >= 0.3 is 5.69 Å². The molecule has 1 heterocycles. The smallest absolute Gasteiger partial charge is 0.306 e. The van der Waals surface area contributed by atoms with E-state index in [9.17, 15) is 19.3 Å². The first-order valence-corrected chi connectivity index (χ1v) is 9.67. The summed E-state index contributed by atoms with van der Waals surface area (Å²) in [5.41, 5.74) is 0.282. The Hall–Kier alpha value is -2.63. The number of anilines is 1. The fraction of sp³-hybridized carbons (Fsp3) is 0.0625. The Morgan fingerprint density at radius 1 is 1.33 bits per heavy atom. The van der Waals surface area contributed by atoms with Crippen molar-refractivity contribution in [2.24, 2.45) is 0 Å². The number of nitro groups is 1. The van der Waals surface area contributed by atoms with E-state index in [0.717, 1.165) is 17.8 Å². The van der Waals surface area contributed by atoms with Gasteiger partial charge in [-0.3, -0.25) is 14.9 Å². The van der Waals surface area contributed by atoms with E-state index in [1.54, 1.807) is 4.68 Å². The summed E-state index contributed by atoms with van der Waals surface area (Å²) in [6.45, 7) is 0. The molecule has 2 aromatic carbocycles. The lowest BCUT2D eigenvalue weighted by Crippen LogP contribution is -2.14. The maximum absolute atomic E-state index is 13.3. The minimum Gasteiger partial charge on any atom is -0.325 e. The van der Waals surface area contributed by atoms with E-state index in [2.05, 4.69) is 10.4 Å². The average Bonchev–Trinajstić information content (AvgIpc) is 3.03. The minimum absolute atomic E-state index is 0.0300. The lowest BCUT2D eigenvalue weighted by Gasteiger charge is -2.04. The van der Waals surface area contributed by atoms with E-state index in [4.69, 9.17) is 12.2 Å². The SMILES string of the molecule is O=C(CSc1nn(-c2ccccc2)c(=S)s1)Nc1ccc(F)c([N+](=O)[O-])c1. The van der Waals surface area contributed by atoms with E-state index < -0.39 is 22.3 Å². The lowest BCUT2D eigenvalue weighted by atomic mass is 10.2. The average molecular weight is 422 g/mol. The molecule has 0 bridgehead atoms. The number of nitrogens with one attached hydrogen (secondary N) is 1. The van der Waals surface area contributed by atoms with E-state index in [1.165, 1.54) is 29.2 Å². The molecular formula is C16H11FN4O3S3. The fourth-order valence-corrected chi connectivity index (χ4v) is 4.27. The normalized spacial score (nSPS) is 10.6. The third-order valence-electron chi connectivity index (χ3n) is 3.28. The zero-order valence-corrected chi connectivity index (χ0v) is 15.9. The van der Waals surface area contributed by atoms with Gasteiger partial charge in [-0.2, -0.15) is 4.39 Å². The molecule has 1 amide bonds. The molecular weight excluding hydrogens is 411 g/mol. The quantitative estimate of drug-likeness (QED) is 0.273. The second-order valence-corrected chi connectivity index (χ2v) is 7.99. The van der Waals surface area contributed by atoms with Crippen molar-refractivity contribution in [1.82, 2.24) is 9.78 Å². The number of carbonyl (C=O) groups is 1. The molecule has 0 aliphatic heterocycles. The summed E-state index contributed by atoms with van der Waals surface area (Å²) in [5, 5.41) is 17.6. The number of hydrogen-bond donors (Lipinski definition) is 1. The summed E-state index contributed by atoms with van der Waals surface area (Å²) in [6, 6.07) is 12.6. The van der Waals surface area contributed by atoms with Crippen molar-refractivity contribution in [2.45, 2.75) is 4.34 Å². The Balaban J connectivity index is 1.64. The number of carbonyl (C=O) groups excluding carboxylic acids is 1. The molecule has 11 heteroatoms. The summed E-state index contributed by atoms with van der Waals surface area (Å²) in [7, 11) is 0. The van der Waals surface area contributed by atoms with Gasteiger partial charge < -0.3 is 5.32 Å². The van der Waals surface area contributed by atoms with Crippen LogP contribution in [-0.4, -0.2) is 26.4 Å². The number of benzene rings is 2. The Morgan fingerprint density at radius 2 is 2.07 bits per heavy atom. The van der Waals surface area contributed by atoms with Crippen molar-refractivity contribution in [3.05, 3.63) is 68.4 Å². The first-order valence-electron chi connectivity index (χ1n) is 7.46. The summed E-state index contributed by atoms with van der Waals surface area (Å²) in [4.78, 5) is 22.0. The largest absolute Gasteiger partial charge is 0.325 e. The molecule has 138 valence electrons.